The Morgan fingerprint density at radius 1 is 1.50 bits per heavy atom. The molecular formula is C8H17NO. The molecule has 1 saturated carbocycles. The Morgan fingerprint density at radius 3 is 2.60 bits per heavy atom. The molecule has 2 nitrogen and oxygen atoms in total. The van der Waals surface area contributed by atoms with Gasteiger partial charge in [-0.05, 0) is 24.7 Å². The van der Waals surface area contributed by atoms with Crippen molar-refractivity contribution in [3.8, 4) is 0 Å². The van der Waals surface area contributed by atoms with Crippen LogP contribution < -0.4 is 5.48 Å². The number of nitrogens with one attached hydrogen (secondary N) is 1. The fourth-order valence-corrected chi connectivity index (χ4v) is 1.70. The van der Waals surface area contributed by atoms with E-state index in [-0.39, 0.29) is 0 Å². The van der Waals surface area contributed by atoms with Gasteiger partial charge in [-0.25, -0.2) is 0 Å². The highest BCUT2D eigenvalue weighted by atomic mass is 16.6. The van der Waals surface area contributed by atoms with Gasteiger partial charge in [0.05, 0.1) is 7.11 Å². The summed E-state index contributed by atoms with van der Waals surface area (Å²) in [5.74, 6) is 0. The molecule has 0 heterocycles. The predicted molar refractivity (Wildman–Crippen MR) is 41.6 cm³/mol. The summed E-state index contributed by atoms with van der Waals surface area (Å²) in [5, 5.41) is 0. The molecule has 0 bridgehead atoms. The van der Waals surface area contributed by atoms with Crippen LogP contribution in [0.5, 0.6) is 0 Å². The van der Waals surface area contributed by atoms with Crippen LogP contribution >= 0.6 is 0 Å². The highest BCUT2D eigenvalue weighted by Crippen LogP contribution is 2.36. The molecule has 10 heavy (non-hydrogen) atoms. The molecule has 0 aromatic heterocycles. The normalized spacial score (nSPS) is 30.9. The van der Waals surface area contributed by atoms with Crippen LogP contribution in [0.15, 0.2) is 0 Å². The number of rotatable bonds is 2. The molecule has 1 rings (SSSR count). The van der Waals surface area contributed by atoms with Crippen molar-refractivity contribution >= 4 is 0 Å². The molecule has 0 radical (unpaired) electrons. The van der Waals surface area contributed by atoms with Crippen LogP contribution in [0.1, 0.15) is 33.1 Å². The minimum Gasteiger partial charge on any atom is -0.305 e. The highest BCUT2D eigenvalue weighted by Gasteiger charge is 2.30. The monoisotopic (exact) mass is 143 g/mol. The standard InChI is InChI=1S/C8H17NO/c1-8(2)5-4-7(6-8)9-10-3/h7,9H,4-6H2,1-3H3. The third-order valence-electron chi connectivity index (χ3n) is 2.25. The molecule has 1 unspecified atom stereocenters. The molecule has 2 heteroatoms. The second-order valence-corrected chi connectivity index (χ2v) is 3.93. The fourth-order valence-electron chi connectivity index (χ4n) is 1.70. The van der Waals surface area contributed by atoms with Crippen LogP contribution in [0, 0.1) is 5.41 Å². The Balaban J connectivity index is 2.29. The fraction of sp³-hybridized carbons (Fsp3) is 1.00. The minimum atomic E-state index is 0.524. The van der Waals surface area contributed by atoms with Crippen LogP contribution in [-0.4, -0.2) is 13.2 Å². The van der Waals surface area contributed by atoms with Crippen molar-refractivity contribution in [1.29, 1.82) is 0 Å². The van der Waals surface area contributed by atoms with Gasteiger partial charge in [-0.3, -0.25) is 0 Å². The van der Waals surface area contributed by atoms with Crippen molar-refractivity contribution in [3.05, 3.63) is 0 Å². The molecule has 0 aromatic carbocycles. The Morgan fingerprint density at radius 2 is 2.20 bits per heavy atom. The van der Waals surface area contributed by atoms with Crippen LogP contribution in [0.25, 0.3) is 0 Å². The summed E-state index contributed by atoms with van der Waals surface area (Å²) in [6.45, 7) is 4.62. The van der Waals surface area contributed by atoms with Crippen molar-refractivity contribution in [2.75, 3.05) is 7.11 Å². The van der Waals surface area contributed by atoms with Crippen molar-refractivity contribution in [2.45, 2.75) is 39.2 Å². The second kappa shape index (κ2) is 2.89. The molecule has 1 atom stereocenters. The van der Waals surface area contributed by atoms with E-state index in [2.05, 4.69) is 19.3 Å². The van der Waals surface area contributed by atoms with Crippen molar-refractivity contribution in [2.24, 2.45) is 5.41 Å². The maximum absolute atomic E-state index is 4.87. The first-order valence-corrected chi connectivity index (χ1v) is 3.92. The lowest BCUT2D eigenvalue weighted by Crippen LogP contribution is -2.25. The van der Waals surface area contributed by atoms with Gasteiger partial charge in [0.25, 0.3) is 0 Å². The third kappa shape index (κ3) is 1.96. The van der Waals surface area contributed by atoms with Gasteiger partial charge in [0.15, 0.2) is 0 Å². The number of hydroxylamine groups is 1. The average molecular weight is 143 g/mol. The van der Waals surface area contributed by atoms with Gasteiger partial charge in [-0.2, -0.15) is 5.48 Å². The van der Waals surface area contributed by atoms with E-state index < -0.39 is 0 Å². The van der Waals surface area contributed by atoms with E-state index in [4.69, 9.17) is 4.84 Å². The van der Waals surface area contributed by atoms with E-state index >= 15 is 0 Å². The number of hydrogen-bond acceptors (Lipinski definition) is 2. The van der Waals surface area contributed by atoms with Gasteiger partial charge in [0.1, 0.15) is 0 Å². The molecule has 0 aromatic rings. The highest BCUT2D eigenvalue weighted by molar-refractivity contribution is 4.84. The van der Waals surface area contributed by atoms with Gasteiger partial charge in [0, 0.05) is 6.04 Å². The summed E-state index contributed by atoms with van der Waals surface area (Å²) in [6, 6.07) is 0.583. The molecule has 1 N–H and O–H groups in total. The molecule has 1 aliphatic carbocycles. The lowest BCUT2D eigenvalue weighted by molar-refractivity contribution is 0.0597. The van der Waals surface area contributed by atoms with E-state index in [1.54, 1.807) is 7.11 Å². The molecule has 1 fully saturated rings. The Hall–Kier alpha value is -0.0800. The van der Waals surface area contributed by atoms with Gasteiger partial charge in [-0.1, -0.05) is 13.8 Å². The molecule has 0 saturated heterocycles. The smallest absolute Gasteiger partial charge is 0.0572 e. The average Bonchev–Trinajstić information content (AvgIpc) is 2.12. The summed E-state index contributed by atoms with van der Waals surface area (Å²) in [4.78, 5) is 4.87. The largest absolute Gasteiger partial charge is 0.305 e. The lowest BCUT2D eigenvalue weighted by atomic mass is 9.92. The van der Waals surface area contributed by atoms with E-state index in [0.717, 1.165) is 0 Å². The first kappa shape index (κ1) is 8.02. The van der Waals surface area contributed by atoms with Crippen molar-refractivity contribution in [1.82, 2.24) is 5.48 Å². The molecule has 0 spiro atoms. The zero-order chi connectivity index (χ0) is 7.61. The lowest BCUT2D eigenvalue weighted by Gasteiger charge is -2.16. The van der Waals surface area contributed by atoms with E-state index in [9.17, 15) is 0 Å². The Kier molecular flexibility index (Phi) is 2.32. The third-order valence-corrected chi connectivity index (χ3v) is 2.25. The van der Waals surface area contributed by atoms with Crippen molar-refractivity contribution < 1.29 is 4.84 Å². The van der Waals surface area contributed by atoms with Crippen LogP contribution in [0.2, 0.25) is 0 Å². The molecule has 60 valence electrons. The van der Waals surface area contributed by atoms with Gasteiger partial charge >= 0.3 is 0 Å². The predicted octanol–water partition coefficient (Wildman–Crippen LogP) is 1.72. The maximum Gasteiger partial charge on any atom is 0.0572 e. The van der Waals surface area contributed by atoms with Crippen LogP contribution in [-0.2, 0) is 4.84 Å². The minimum absolute atomic E-state index is 0.524. The van der Waals surface area contributed by atoms with Crippen LogP contribution in [0.3, 0.4) is 0 Å². The van der Waals surface area contributed by atoms with E-state index in [0.29, 0.717) is 11.5 Å². The van der Waals surface area contributed by atoms with E-state index in [1.807, 2.05) is 0 Å². The summed E-state index contributed by atoms with van der Waals surface area (Å²) in [5.41, 5.74) is 3.52. The molecule has 0 aliphatic heterocycles. The quantitative estimate of drug-likeness (QED) is 0.594. The summed E-state index contributed by atoms with van der Waals surface area (Å²) in [7, 11) is 1.69. The zero-order valence-electron chi connectivity index (χ0n) is 7.11. The SMILES string of the molecule is CONC1CCC(C)(C)C1. The Labute approximate surface area is 62.9 Å². The van der Waals surface area contributed by atoms with Gasteiger partial charge < -0.3 is 4.84 Å². The van der Waals surface area contributed by atoms with Gasteiger partial charge in [0.2, 0.25) is 0 Å². The van der Waals surface area contributed by atoms with Gasteiger partial charge in [-0.15, -0.1) is 0 Å². The molecule has 0 amide bonds. The van der Waals surface area contributed by atoms with E-state index in [1.165, 1.54) is 19.3 Å². The topological polar surface area (TPSA) is 21.3 Å². The summed E-state index contributed by atoms with van der Waals surface area (Å²) >= 11 is 0. The van der Waals surface area contributed by atoms with Crippen LogP contribution in [0.4, 0.5) is 0 Å². The first-order valence-electron chi connectivity index (χ1n) is 3.92. The summed E-state index contributed by atoms with van der Waals surface area (Å²) < 4.78 is 0. The second-order valence-electron chi connectivity index (χ2n) is 3.93. The number of hydrogen-bond donors (Lipinski definition) is 1. The Bertz CT molecular complexity index is 112. The zero-order valence-corrected chi connectivity index (χ0v) is 7.11. The molecule has 1 aliphatic rings. The molecular weight excluding hydrogens is 126 g/mol. The van der Waals surface area contributed by atoms with Crippen molar-refractivity contribution in [3.63, 3.8) is 0 Å². The first-order chi connectivity index (χ1) is 4.64. The maximum atomic E-state index is 4.87. The summed E-state index contributed by atoms with van der Waals surface area (Å²) in [6.07, 6.45) is 3.80.